The van der Waals surface area contributed by atoms with Crippen molar-refractivity contribution in [2.45, 2.75) is 38.2 Å². The van der Waals surface area contributed by atoms with E-state index in [-0.39, 0.29) is 29.5 Å². The molecule has 0 radical (unpaired) electrons. The summed E-state index contributed by atoms with van der Waals surface area (Å²) < 4.78 is 11.3. The lowest BCUT2D eigenvalue weighted by Gasteiger charge is -2.27. The molecule has 3 aromatic rings. The molecular weight excluding hydrogens is 502 g/mol. The van der Waals surface area contributed by atoms with Crippen molar-refractivity contribution in [2.24, 2.45) is 17.8 Å². The number of methoxy groups -OCH3 is 1. The summed E-state index contributed by atoms with van der Waals surface area (Å²) in [7, 11) is 2.80. The van der Waals surface area contributed by atoms with Gasteiger partial charge in [-0.2, -0.15) is 5.26 Å². The second-order valence-corrected chi connectivity index (χ2v) is 9.50. The van der Waals surface area contributed by atoms with Gasteiger partial charge in [0.05, 0.1) is 37.1 Å². The summed E-state index contributed by atoms with van der Waals surface area (Å²) in [5, 5.41) is 26.1. The summed E-state index contributed by atoms with van der Waals surface area (Å²) in [4.78, 5) is 35.3. The van der Waals surface area contributed by atoms with E-state index in [0.717, 1.165) is 0 Å². The van der Waals surface area contributed by atoms with Crippen molar-refractivity contribution >= 4 is 17.8 Å². The summed E-state index contributed by atoms with van der Waals surface area (Å²) >= 11 is 0. The maximum Gasteiger partial charge on any atom is 0.296 e. The number of benzene rings is 1. The van der Waals surface area contributed by atoms with Crippen LogP contribution in [0.5, 0.6) is 5.75 Å². The first-order valence-corrected chi connectivity index (χ1v) is 12.0. The number of carbonyl (C=O) groups is 1. The van der Waals surface area contributed by atoms with Gasteiger partial charge in [-0.05, 0) is 37.3 Å². The Hall–Kier alpha value is -4.76. The third-order valence-corrected chi connectivity index (χ3v) is 5.99. The molecule has 0 aliphatic carbocycles. The number of ether oxygens (including phenoxy) is 1. The van der Waals surface area contributed by atoms with Crippen LogP contribution < -0.4 is 21.3 Å². The highest BCUT2D eigenvalue weighted by Crippen LogP contribution is 2.38. The number of allylic oxidation sites excluding steroid dienone is 1. The first kappa shape index (κ1) is 28.8. The minimum absolute atomic E-state index is 0.109. The fourth-order valence-electron chi connectivity index (χ4n) is 4.16. The van der Waals surface area contributed by atoms with E-state index < -0.39 is 28.9 Å². The number of rotatable bonds is 10. The Kier molecular flexibility index (Phi) is 9.00. The van der Waals surface area contributed by atoms with Crippen LogP contribution in [0.4, 0.5) is 5.69 Å². The highest BCUT2D eigenvalue weighted by atomic mass is 16.5. The Labute approximate surface area is 225 Å². The lowest BCUT2D eigenvalue weighted by molar-refractivity contribution is 0.0905. The number of aliphatic imine (C=N–C) groups is 1. The monoisotopic (exact) mass is 533 g/mol. The van der Waals surface area contributed by atoms with Crippen LogP contribution in [-0.2, 0) is 7.05 Å². The highest BCUT2D eigenvalue weighted by Gasteiger charge is 2.32. The van der Waals surface area contributed by atoms with E-state index in [1.165, 1.54) is 43.6 Å². The molecule has 2 heterocycles. The van der Waals surface area contributed by atoms with Gasteiger partial charge in [-0.1, -0.05) is 30.3 Å². The van der Waals surface area contributed by atoms with Crippen molar-refractivity contribution in [1.29, 1.82) is 5.26 Å². The van der Waals surface area contributed by atoms with E-state index in [1.807, 2.05) is 6.92 Å². The second-order valence-electron chi connectivity index (χ2n) is 9.50. The molecular formula is C27H31N7O5. The van der Waals surface area contributed by atoms with E-state index in [4.69, 9.17) is 15.0 Å². The molecule has 4 N–H and O–H groups in total. The van der Waals surface area contributed by atoms with Crippen molar-refractivity contribution in [2.75, 3.05) is 19.0 Å². The molecule has 0 spiro atoms. The number of aromatic nitrogens is 3. The van der Waals surface area contributed by atoms with E-state index in [1.54, 1.807) is 38.1 Å². The summed E-state index contributed by atoms with van der Waals surface area (Å²) in [6, 6.07) is 9.19. The van der Waals surface area contributed by atoms with Gasteiger partial charge in [0.25, 0.3) is 11.5 Å². The molecule has 2 atom stereocenters. The molecule has 12 nitrogen and oxygen atoms in total. The number of nitrogens with one attached hydrogen (secondary N) is 1. The fraction of sp³-hybridized carbons (Fsp3) is 0.333. The molecule has 0 saturated carbocycles. The van der Waals surface area contributed by atoms with Gasteiger partial charge in [0.1, 0.15) is 17.8 Å². The van der Waals surface area contributed by atoms with E-state index >= 15 is 0 Å². The van der Waals surface area contributed by atoms with Crippen LogP contribution in [0.3, 0.4) is 0 Å². The summed E-state index contributed by atoms with van der Waals surface area (Å²) in [6.45, 7) is 5.18. The van der Waals surface area contributed by atoms with Crippen LogP contribution in [0.2, 0.25) is 0 Å². The van der Waals surface area contributed by atoms with Crippen molar-refractivity contribution in [1.82, 2.24) is 14.7 Å². The average Bonchev–Trinajstić information content (AvgIpc) is 3.41. The lowest BCUT2D eigenvalue weighted by atomic mass is 9.79. The Morgan fingerprint density at radius 1 is 1.41 bits per heavy atom. The smallest absolute Gasteiger partial charge is 0.296 e. The normalized spacial score (nSPS) is 13.6. The quantitative estimate of drug-likeness (QED) is 0.330. The standard InChI is InChI=1S/C27H31N7O5/c1-16(21(20-9-7-6-8-17(20)10-28)18(11-29)12-30-15-27(2,3)37)24-33-22(23(38-5)26(36)34(24)4)25(35)32-19-13-31-39-14-19/h6-9,11-14,16,21,37H,15,29H2,1-5H3,(H,32,35)/b18-11+,30-12?. The first-order chi connectivity index (χ1) is 18.5. The van der Waals surface area contributed by atoms with Crippen LogP contribution in [-0.4, -0.2) is 51.2 Å². The molecule has 0 aliphatic heterocycles. The van der Waals surface area contributed by atoms with Crippen LogP contribution in [0.15, 0.2) is 62.8 Å². The maximum absolute atomic E-state index is 13.3. The molecule has 0 saturated heterocycles. The summed E-state index contributed by atoms with van der Waals surface area (Å²) in [5.41, 5.74) is 6.01. The molecule has 2 unspecified atom stereocenters. The number of nitriles is 1. The van der Waals surface area contributed by atoms with Crippen LogP contribution in [0.25, 0.3) is 0 Å². The highest BCUT2D eigenvalue weighted by molar-refractivity contribution is 6.04. The number of hydrogen-bond donors (Lipinski definition) is 3. The maximum atomic E-state index is 13.3. The predicted molar refractivity (Wildman–Crippen MR) is 145 cm³/mol. The average molecular weight is 534 g/mol. The molecule has 1 aromatic carbocycles. The van der Waals surface area contributed by atoms with Gasteiger partial charge in [0.2, 0.25) is 5.75 Å². The SMILES string of the molecule is COc1c(C(=O)Nc2cnoc2)nc(C(C)C(/C(C=NCC(C)(C)O)=C/N)c2ccccc2C#N)n(C)c1=O. The summed E-state index contributed by atoms with van der Waals surface area (Å²) in [6.07, 6.45) is 5.43. The van der Waals surface area contributed by atoms with Gasteiger partial charge in [0.15, 0.2) is 5.69 Å². The largest absolute Gasteiger partial charge is 0.489 e. The van der Waals surface area contributed by atoms with Crippen molar-refractivity contribution in [3.05, 3.63) is 81.5 Å². The van der Waals surface area contributed by atoms with Gasteiger partial charge in [-0.15, -0.1) is 0 Å². The van der Waals surface area contributed by atoms with Crippen molar-refractivity contribution < 1.29 is 19.2 Å². The molecule has 1 amide bonds. The number of carbonyl (C=O) groups excluding carboxylic acids is 1. The predicted octanol–water partition coefficient (Wildman–Crippen LogP) is 2.47. The number of aliphatic hydroxyl groups is 1. The minimum atomic E-state index is -1.05. The molecule has 0 aliphatic rings. The number of anilines is 1. The lowest BCUT2D eigenvalue weighted by Crippen LogP contribution is -2.31. The number of amides is 1. The van der Waals surface area contributed by atoms with Gasteiger partial charge in [0, 0.05) is 25.1 Å². The first-order valence-electron chi connectivity index (χ1n) is 12.0. The zero-order valence-corrected chi connectivity index (χ0v) is 22.4. The number of nitrogens with two attached hydrogens (primary N) is 1. The van der Waals surface area contributed by atoms with E-state index in [9.17, 15) is 20.0 Å². The molecule has 2 aromatic heterocycles. The topological polar surface area (TPSA) is 182 Å². The van der Waals surface area contributed by atoms with Crippen LogP contribution in [0.1, 0.15) is 60.0 Å². The third-order valence-electron chi connectivity index (χ3n) is 5.99. The van der Waals surface area contributed by atoms with Gasteiger partial charge >= 0.3 is 0 Å². The Bertz CT molecular complexity index is 1480. The van der Waals surface area contributed by atoms with Crippen molar-refractivity contribution in [3.8, 4) is 11.8 Å². The third kappa shape index (κ3) is 6.58. The zero-order chi connectivity index (χ0) is 28.7. The van der Waals surface area contributed by atoms with Gasteiger partial charge in [-0.25, -0.2) is 4.98 Å². The molecule has 0 fully saturated rings. The van der Waals surface area contributed by atoms with Gasteiger partial charge in [-0.3, -0.25) is 19.1 Å². The van der Waals surface area contributed by atoms with E-state index in [0.29, 0.717) is 16.7 Å². The van der Waals surface area contributed by atoms with E-state index in [2.05, 4.69) is 26.5 Å². The minimum Gasteiger partial charge on any atom is -0.489 e. The molecule has 204 valence electrons. The zero-order valence-electron chi connectivity index (χ0n) is 22.4. The Morgan fingerprint density at radius 2 is 2.13 bits per heavy atom. The van der Waals surface area contributed by atoms with Crippen LogP contribution in [0, 0.1) is 11.3 Å². The molecule has 12 heteroatoms. The van der Waals surface area contributed by atoms with Gasteiger partial charge < -0.3 is 25.4 Å². The molecule has 39 heavy (non-hydrogen) atoms. The molecule has 3 rings (SSSR count). The van der Waals surface area contributed by atoms with Crippen molar-refractivity contribution in [3.63, 3.8) is 0 Å². The number of hydrogen-bond acceptors (Lipinski definition) is 10. The Balaban J connectivity index is 2.19. The molecule has 0 bridgehead atoms. The number of nitrogens with zero attached hydrogens (tertiary/aromatic N) is 5. The second kappa shape index (κ2) is 12.2. The van der Waals surface area contributed by atoms with Crippen LogP contribution >= 0.6 is 0 Å². The Morgan fingerprint density at radius 3 is 2.72 bits per heavy atom. The fourth-order valence-corrected chi connectivity index (χ4v) is 4.16. The summed E-state index contributed by atoms with van der Waals surface area (Å²) in [5.74, 6) is -1.89.